The van der Waals surface area contributed by atoms with E-state index in [-0.39, 0.29) is 0 Å². The maximum absolute atomic E-state index is 9.72. The second-order valence-corrected chi connectivity index (χ2v) is 10.4. The molecule has 10 heteroatoms. The number of aromatic nitrogens is 6. The second-order valence-electron chi connectivity index (χ2n) is 10.4. The lowest BCUT2D eigenvalue weighted by Crippen LogP contribution is -2.68. The van der Waals surface area contributed by atoms with Crippen molar-refractivity contribution in [3.05, 3.63) is 78.8 Å². The molecule has 2 unspecified atom stereocenters. The SMILES string of the molecule is COc1cncc(C#CCN2C3CC2CN(c2ccc(-c4cc(-c5cnn(C)c5)cn5ncc(C#N)c45)cn2)C3)c1. The van der Waals surface area contributed by atoms with Crippen LogP contribution in [0.2, 0.25) is 0 Å². The third kappa shape index (κ3) is 4.54. The summed E-state index contributed by atoms with van der Waals surface area (Å²) in [5.41, 5.74) is 5.97. The van der Waals surface area contributed by atoms with Crippen LogP contribution in [0.3, 0.4) is 0 Å². The number of ether oxygens (including phenoxy) is 1. The van der Waals surface area contributed by atoms with Crippen LogP contribution in [0.15, 0.2) is 67.6 Å². The van der Waals surface area contributed by atoms with Crippen LogP contribution in [-0.2, 0) is 7.05 Å². The van der Waals surface area contributed by atoms with E-state index in [0.29, 0.717) is 23.4 Å². The van der Waals surface area contributed by atoms with Crippen LogP contribution >= 0.6 is 0 Å². The van der Waals surface area contributed by atoms with Crippen molar-refractivity contribution in [2.45, 2.75) is 18.5 Å². The first-order chi connectivity index (χ1) is 20.1. The number of nitriles is 1. The first kappa shape index (κ1) is 24.8. The molecule has 8 heterocycles. The van der Waals surface area contributed by atoms with E-state index in [1.54, 1.807) is 34.9 Å². The van der Waals surface area contributed by atoms with Gasteiger partial charge >= 0.3 is 0 Å². The fourth-order valence-corrected chi connectivity index (χ4v) is 5.85. The summed E-state index contributed by atoms with van der Waals surface area (Å²) in [5.74, 6) is 8.21. The molecule has 5 aromatic heterocycles. The predicted molar refractivity (Wildman–Crippen MR) is 154 cm³/mol. The smallest absolute Gasteiger partial charge is 0.138 e. The van der Waals surface area contributed by atoms with Crippen LogP contribution in [0.25, 0.3) is 27.8 Å². The maximum atomic E-state index is 9.72. The predicted octanol–water partition coefficient (Wildman–Crippen LogP) is 3.39. The van der Waals surface area contributed by atoms with Gasteiger partial charge in [0.15, 0.2) is 0 Å². The summed E-state index contributed by atoms with van der Waals surface area (Å²) in [6.45, 7) is 2.59. The lowest BCUT2D eigenvalue weighted by Gasteiger charge is -2.56. The summed E-state index contributed by atoms with van der Waals surface area (Å²) in [6.07, 6.45) is 13.9. The number of methoxy groups -OCH3 is 1. The largest absolute Gasteiger partial charge is 0.495 e. The molecule has 5 aromatic rings. The third-order valence-electron chi connectivity index (χ3n) is 7.94. The van der Waals surface area contributed by atoms with Crippen LogP contribution < -0.4 is 9.64 Å². The number of hydrogen-bond acceptors (Lipinski definition) is 8. The summed E-state index contributed by atoms with van der Waals surface area (Å²) in [4.78, 5) is 13.9. The van der Waals surface area contributed by atoms with Gasteiger partial charge in [0.05, 0.1) is 43.3 Å². The maximum Gasteiger partial charge on any atom is 0.138 e. The first-order valence-corrected chi connectivity index (χ1v) is 13.4. The molecule has 8 rings (SSSR count). The molecule has 0 radical (unpaired) electrons. The van der Waals surface area contributed by atoms with E-state index in [1.807, 2.05) is 37.9 Å². The molecule has 3 aliphatic rings. The van der Waals surface area contributed by atoms with Crippen LogP contribution in [-0.4, -0.2) is 73.1 Å². The quantitative estimate of drug-likeness (QED) is 0.312. The number of anilines is 1. The highest BCUT2D eigenvalue weighted by molar-refractivity contribution is 5.87. The zero-order chi connectivity index (χ0) is 27.9. The minimum Gasteiger partial charge on any atom is -0.495 e. The van der Waals surface area contributed by atoms with Crippen molar-refractivity contribution in [3.8, 4) is 45.9 Å². The fraction of sp³-hybridized carbons (Fsp3) is 0.258. The van der Waals surface area contributed by atoms with E-state index >= 15 is 0 Å². The molecule has 0 aliphatic carbocycles. The molecule has 0 amide bonds. The van der Waals surface area contributed by atoms with Gasteiger partial charge in [-0.1, -0.05) is 11.8 Å². The average Bonchev–Trinajstić information content (AvgIpc) is 3.65. The van der Waals surface area contributed by atoms with Crippen LogP contribution in [0.5, 0.6) is 5.75 Å². The van der Waals surface area contributed by atoms with Gasteiger partial charge in [-0.15, -0.1) is 0 Å². The summed E-state index contributed by atoms with van der Waals surface area (Å²) >= 11 is 0. The van der Waals surface area contributed by atoms with Crippen molar-refractivity contribution in [2.75, 3.05) is 31.6 Å². The average molecular weight is 542 g/mol. The molecule has 2 atom stereocenters. The van der Waals surface area contributed by atoms with Crippen molar-refractivity contribution in [1.82, 2.24) is 34.3 Å². The van der Waals surface area contributed by atoms with E-state index in [9.17, 15) is 5.26 Å². The number of aryl methyl sites for hydroxylation is 1. The minimum absolute atomic E-state index is 0.466. The first-order valence-electron chi connectivity index (χ1n) is 13.4. The molecule has 3 fully saturated rings. The summed E-state index contributed by atoms with van der Waals surface area (Å²) in [6, 6.07) is 11.4. The highest BCUT2D eigenvalue weighted by Gasteiger charge is 2.44. The number of rotatable bonds is 5. The fourth-order valence-electron chi connectivity index (χ4n) is 5.85. The summed E-state index contributed by atoms with van der Waals surface area (Å²) in [7, 11) is 3.53. The van der Waals surface area contributed by atoms with Gasteiger partial charge in [0.2, 0.25) is 0 Å². The topological polar surface area (TPSA) is 100 Å². The molecule has 202 valence electrons. The Labute approximate surface area is 237 Å². The molecule has 3 aliphatic heterocycles. The van der Waals surface area contributed by atoms with Crippen molar-refractivity contribution < 1.29 is 4.74 Å². The van der Waals surface area contributed by atoms with Gasteiger partial charge in [-0.25, -0.2) is 9.50 Å². The molecule has 41 heavy (non-hydrogen) atoms. The Kier molecular flexibility index (Phi) is 6.11. The third-order valence-corrected chi connectivity index (χ3v) is 7.94. The molecular weight excluding hydrogens is 514 g/mol. The number of piperazine rings is 1. The van der Waals surface area contributed by atoms with E-state index in [0.717, 1.165) is 58.8 Å². The molecule has 10 nitrogen and oxygen atoms in total. The van der Waals surface area contributed by atoms with E-state index in [4.69, 9.17) is 9.72 Å². The van der Waals surface area contributed by atoms with E-state index in [1.165, 1.54) is 6.42 Å². The molecule has 0 spiro atoms. The van der Waals surface area contributed by atoms with Gasteiger partial charge in [-0.3, -0.25) is 14.6 Å². The van der Waals surface area contributed by atoms with Crippen molar-refractivity contribution >= 4 is 11.3 Å². The van der Waals surface area contributed by atoms with E-state index < -0.39 is 0 Å². The highest BCUT2D eigenvalue weighted by Crippen LogP contribution is 2.35. The standard InChI is InChI=1S/C31H27N9O/c1-37-17-25(15-35-37)23-9-29(31-24(11-32)14-36-40(31)18-23)22-5-6-30(34-13-22)38-19-26-10-27(20-38)39(26)7-3-4-21-8-28(41-2)16-33-12-21/h5-6,8-9,12-18,26-27H,7,10,19-20H2,1-2H3. The number of pyridine rings is 3. The Bertz CT molecular complexity index is 1840. The zero-order valence-corrected chi connectivity index (χ0v) is 22.8. The number of fused-ring (bicyclic) bond motifs is 3. The Morgan fingerprint density at radius 1 is 0.976 bits per heavy atom. The van der Waals surface area contributed by atoms with Crippen molar-refractivity contribution in [2.24, 2.45) is 7.05 Å². The number of hydrogen-bond donors (Lipinski definition) is 0. The molecular formula is C31H27N9O. The minimum atomic E-state index is 0.466. The van der Waals surface area contributed by atoms with Crippen LogP contribution in [0, 0.1) is 23.2 Å². The molecule has 0 saturated carbocycles. The summed E-state index contributed by atoms with van der Waals surface area (Å²) in [5, 5.41) is 18.5. The van der Waals surface area contributed by atoms with Gasteiger partial charge in [0, 0.05) is 84.8 Å². The number of nitrogens with zero attached hydrogens (tertiary/aromatic N) is 9. The molecule has 2 bridgehead atoms. The monoisotopic (exact) mass is 541 g/mol. The van der Waals surface area contributed by atoms with Gasteiger partial charge < -0.3 is 9.64 Å². The summed E-state index contributed by atoms with van der Waals surface area (Å²) < 4.78 is 8.78. The Hall–Kier alpha value is -5.19. The highest BCUT2D eigenvalue weighted by atomic mass is 16.5. The van der Waals surface area contributed by atoms with E-state index in [2.05, 4.69) is 61.1 Å². The molecule has 0 N–H and O–H groups in total. The van der Waals surface area contributed by atoms with Crippen LogP contribution in [0.1, 0.15) is 17.5 Å². The number of piperidine rings is 1. The lowest BCUT2D eigenvalue weighted by atomic mass is 9.87. The zero-order valence-electron chi connectivity index (χ0n) is 22.8. The second kappa shape index (κ2) is 10.1. The van der Waals surface area contributed by atoms with Crippen LogP contribution in [0.4, 0.5) is 5.82 Å². The van der Waals surface area contributed by atoms with Crippen molar-refractivity contribution in [1.29, 1.82) is 5.26 Å². The van der Waals surface area contributed by atoms with Gasteiger partial charge in [-0.2, -0.15) is 15.5 Å². The Morgan fingerprint density at radius 3 is 2.59 bits per heavy atom. The van der Waals surface area contributed by atoms with Crippen molar-refractivity contribution in [3.63, 3.8) is 0 Å². The normalized spacial score (nSPS) is 17.9. The molecule has 0 aromatic carbocycles. The van der Waals surface area contributed by atoms with Gasteiger partial charge in [-0.05, 0) is 30.7 Å². The van der Waals surface area contributed by atoms with Gasteiger partial charge in [0.25, 0.3) is 0 Å². The Morgan fingerprint density at radius 2 is 1.85 bits per heavy atom. The lowest BCUT2D eigenvalue weighted by molar-refractivity contribution is 0.0125. The Balaban J connectivity index is 1.09. The van der Waals surface area contributed by atoms with Gasteiger partial charge in [0.1, 0.15) is 17.6 Å². The molecule has 3 saturated heterocycles.